The molecule has 3 unspecified atom stereocenters. The molecule has 3 rings (SSSR count). The van der Waals surface area contributed by atoms with Gasteiger partial charge in [-0.05, 0) is 17.5 Å². The third kappa shape index (κ3) is 4.78. The smallest absolute Gasteiger partial charge is 0.337 e. The molecule has 0 amide bonds. The Kier molecular flexibility index (Phi) is 7.57. The number of aliphatic carboxylic acids is 1. The summed E-state index contributed by atoms with van der Waals surface area (Å²) in [5, 5.41) is 10.6. The second-order valence-corrected chi connectivity index (χ2v) is 7.30. The fourth-order valence-electron chi connectivity index (χ4n) is 3.74. The van der Waals surface area contributed by atoms with Crippen LogP contribution in [0.4, 0.5) is 0 Å². The molecule has 0 bridgehead atoms. The first-order valence-electron chi connectivity index (χ1n) is 10.2. The predicted octanol–water partition coefficient (Wildman–Crippen LogP) is 3.63. The summed E-state index contributed by atoms with van der Waals surface area (Å²) in [6.07, 6.45) is 4.89. The molecular formula is C25H25NO6. The van der Waals surface area contributed by atoms with Crippen LogP contribution in [0.25, 0.3) is 0 Å². The van der Waals surface area contributed by atoms with E-state index in [9.17, 15) is 19.5 Å². The minimum absolute atomic E-state index is 0.00211. The molecular weight excluding hydrogens is 410 g/mol. The zero-order chi connectivity index (χ0) is 23.0. The van der Waals surface area contributed by atoms with Crippen LogP contribution in [0.15, 0.2) is 85.2 Å². The van der Waals surface area contributed by atoms with E-state index in [1.54, 1.807) is 54.9 Å². The van der Waals surface area contributed by atoms with Crippen molar-refractivity contribution in [3.63, 3.8) is 0 Å². The number of carboxylic acid groups (broad SMARTS) is 1. The van der Waals surface area contributed by atoms with Crippen LogP contribution >= 0.6 is 0 Å². The third-order valence-corrected chi connectivity index (χ3v) is 5.19. The first-order valence-corrected chi connectivity index (χ1v) is 10.2. The topological polar surface area (TPSA) is 93.1 Å². The van der Waals surface area contributed by atoms with Gasteiger partial charge >= 0.3 is 11.9 Å². The fraction of sp³-hybridized carbons (Fsp3) is 0.240. The first kappa shape index (κ1) is 23.0. The SMILES string of the molecule is CC(=O)OC(c1ccccc1)C(C(=O)O)(C(C=O)OCc1ccccc1)N1C=CCC=C1. The Bertz CT molecular complexity index is 976. The van der Waals surface area contributed by atoms with Gasteiger partial charge in [-0.15, -0.1) is 0 Å². The van der Waals surface area contributed by atoms with Crippen molar-refractivity contribution in [2.75, 3.05) is 0 Å². The number of hydrogen-bond acceptors (Lipinski definition) is 6. The molecule has 1 aliphatic rings. The molecule has 7 nitrogen and oxygen atoms in total. The number of carbonyl (C=O) groups excluding carboxylic acids is 2. The van der Waals surface area contributed by atoms with Gasteiger partial charge in [0, 0.05) is 19.3 Å². The molecule has 1 heterocycles. The van der Waals surface area contributed by atoms with Crippen molar-refractivity contribution in [2.24, 2.45) is 0 Å². The normalized spacial score (nSPS) is 16.6. The van der Waals surface area contributed by atoms with Crippen LogP contribution in [0, 0.1) is 0 Å². The molecule has 2 aromatic carbocycles. The van der Waals surface area contributed by atoms with Crippen LogP contribution in [-0.2, 0) is 30.5 Å². The zero-order valence-corrected chi connectivity index (χ0v) is 17.7. The van der Waals surface area contributed by atoms with E-state index in [-0.39, 0.29) is 6.61 Å². The largest absolute Gasteiger partial charge is 0.479 e. The van der Waals surface area contributed by atoms with E-state index >= 15 is 0 Å². The summed E-state index contributed by atoms with van der Waals surface area (Å²) in [7, 11) is 0. The number of benzene rings is 2. The van der Waals surface area contributed by atoms with E-state index in [2.05, 4.69) is 0 Å². The number of esters is 1. The molecule has 0 aliphatic carbocycles. The number of allylic oxidation sites excluding steroid dienone is 2. The molecule has 2 aromatic rings. The van der Waals surface area contributed by atoms with Crippen LogP contribution in [-0.4, -0.2) is 39.9 Å². The van der Waals surface area contributed by atoms with Crippen molar-refractivity contribution in [3.05, 3.63) is 96.3 Å². The maximum absolute atomic E-state index is 13.0. The van der Waals surface area contributed by atoms with Gasteiger partial charge in [-0.1, -0.05) is 72.8 Å². The van der Waals surface area contributed by atoms with Crippen LogP contribution in [0.3, 0.4) is 0 Å². The number of rotatable bonds is 10. The van der Waals surface area contributed by atoms with Crippen LogP contribution in [0.5, 0.6) is 0 Å². The minimum Gasteiger partial charge on any atom is -0.479 e. The van der Waals surface area contributed by atoms with E-state index in [4.69, 9.17) is 9.47 Å². The standard InChI is InChI=1S/C25H25NO6/c1-19(28)32-23(21-13-7-3-8-14-21)25(24(29)30,26-15-9-4-10-16-26)22(17-27)31-18-20-11-5-2-6-12-20/h2-3,5-17,22-23H,4,18H2,1H3,(H,29,30). The number of hydrogen-bond donors (Lipinski definition) is 1. The highest BCUT2D eigenvalue weighted by atomic mass is 16.6. The minimum atomic E-state index is -2.09. The van der Waals surface area contributed by atoms with E-state index in [0.29, 0.717) is 18.3 Å². The molecule has 1 N–H and O–H groups in total. The van der Waals surface area contributed by atoms with Crippen molar-refractivity contribution in [3.8, 4) is 0 Å². The quantitative estimate of drug-likeness (QED) is 0.450. The summed E-state index contributed by atoms with van der Waals surface area (Å²) in [6, 6.07) is 17.6. The number of nitrogens with zero attached hydrogens (tertiary/aromatic N) is 1. The average Bonchev–Trinajstić information content (AvgIpc) is 2.82. The third-order valence-electron chi connectivity index (χ3n) is 5.19. The molecule has 32 heavy (non-hydrogen) atoms. The summed E-state index contributed by atoms with van der Waals surface area (Å²) >= 11 is 0. The molecule has 0 spiro atoms. The van der Waals surface area contributed by atoms with Gasteiger partial charge in [0.05, 0.1) is 6.61 Å². The Labute approximate surface area is 186 Å². The highest BCUT2D eigenvalue weighted by molar-refractivity contribution is 5.87. The average molecular weight is 435 g/mol. The zero-order valence-electron chi connectivity index (χ0n) is 17.7. The lowest BCUT2D eigenvalue weighted by molar-refractivity contribution is -0.185. The van der Waals surface area contributed by atoms with Gasteiger partial charge in [-0.2, -0.15) is 0 Å². The van der Waals surface area contributed by atoms with Crippen molar-refractivity contribution < 1.29 is 29.0 Å². The maximum Gasteiger partial charge on any atom is 0.337 e. The molecule has 0 radical (unpaired) electrons. The van der Waals surface area contributed by atoms with E-state index < -0.39 is 29.7 Å². The fourth-order valence-corrected chi connectivity index (χ4v) is 3.74. The number of carbonyl (C=O) groups is 3. The Morgan fingerprint density at radius 3 is 2.19 bits per heavy atom. The Balaban J connectivity index is 2.15. The lowest BCUT2D eigenvalue weighted by Crippen LogP contribution is -2.64. The number of carboxylic acids is 1. The predicted molar refractivity (Wildman–Crippen MR) is 117 cm³/mol. The van der Waals surface area contributed by atoms with Crippen molar-refractivity contribution in [2.45, 2.75) is 37.7 Å². The monoisotopic (exact) mass is 435 g/mol. The molecule has 0 saturated heterocycles. The van der Waals surface area contributed by atoms with E-state index in [0.717, 1.165) is 5.56 Å². The van der Waals surface area contributed by atoms with Gasteiger partial charge in [0.1, 0.15) is 0 Å². The molecule has 0 fully saturated rings. The summed E-state index contributed by atoms with van der Waals surface area (Å²) in [5.41, 5.74) is -0.892. The van der Waals surface area contributed by atoms with Crippen molar-refractivity contribution in [1.82, 2.24) is 4.90 Å². The van der Waals surface area contributed by atoms with Gasteiger partial charge in [-0.25, -0.2) is 4.79 Å². The van der Waals surface area contributed by atoms with E-state index in [1.165, 1.54) is 11.8 Å². The highest BCUT2D eigenvalue weighted by Gasteiger charge is 2.59. The number of aldehydes is 1. The summed E-state index contributed by atoms with van der Waals surface area (Å²) in [4.78, 5) is 38.8. The Morgan fingerprint density at radius 1 is 1.06 bits per heavy atom. The van der Waals surface area contributed by atoms with Crippen molar-refractivity contribution >= 4 is 18.2 Å². The molecule has 3 atom stereocenters. The lowest BCUT2D eigenvalue weighted by Gasteiger charge is -2.46. The second kappa shape index (κ2) is 10.5. The van der Waals surface area contributed by atoms with Gasteiger partial charge < -0.3 is 24.3 Å². The molecule has 7 heteroatoms. The second-order valence-electron chi connectivity index (χ2n) is 7.30. The van der Waals surface area contributed by atoms with Crippen LogP contribution in [0.1, 0.15) is 30.6 Å². The number of ether oxygens (including phenoxy) is 2. The summed E-state index contributed by atoms with van der Waals surface area (Å²) in [6.45, 7) is 1.20. The molecule has 166 valence electrons. The van der Waals surface area contributed by atoms with Gasteiger partial charge in [-0.3, -0.25) is 4.79 Å². The highest BCUT2D eigenvalue weighted by Crippen LogP contribution is 2.40. The summed E-state index contributed by atoms with van der Waals surface area (Å²) < 4.78 is 11.5. The summed E-state index contributed by atoms with van der Waals surface area (Å²) in [5.74, 6) is -2.05. The Morgan fingerprint density at radius 2 is 1.66 bits per heavy atom. The molecule has 1 aliphatic heterocycles. The van der Waals surface area contributed by atoms with Gasteiger partial charge in [0.15, 0.2) is 18.5 Å². The van der Waals surface area contributed by atoms with Gasteiger partial charge in [0.2, 0.25) is 5.54 Å². The maximum atomic E-state index is 13.0. The van der Waals surface area contributed by atoms with Gasteiger partial charge in [0.25, 0.3) is 0 Å². The molecule has 0 aromatic heterocycles. The Hall–Kier alpha value is -3.71. The van der Waals surface area contributed by atoms with Crippen molar-refractivity contribution in [1.29, 1.82) is 0 Å². The van der Waals surface area contributed by atoms with Crippen LogP contribution in [0.2, 0.25) is 0 Å². The first-order chi connectivity index (χ1) is 15.5. The van der Waals surface area contributed by atoms with Crippen LogP contribution < -0.4 is 0 Å². The van der Waals surface area contributed by atoms with E-state index in [1.807, 2.05) is 30.3 Å². The lowest BCUT2D eigenvalue weighted by atomic mass is 9.80. The molecule has 0 saturated carbocycles.